The molecule has 9 rings (SSSR count). The maximum Gasteiger partial charge on any atom is 0.296 e. The zero-order valence-corrected chi connectivity index (χ0v) is 44.5. The average molecular weight is 1180 g/mol. The van der Waals surface area contributed by atoms with Gasteiger partial charge in [0.2, 0.25) is 0 Å². The molecule has 1 heterocycles. The van der Waals surface area contributed by atoms with Gasteiger partial charge in [0, 0.05) is 39.7 Å². The molecule has 79 heavy (non-hydrogen) atoms. The summed E-state index contributed by atoms with van der Waals surface area (Å²) >= 11 is 0. The molecule has 8 aromatic carbocycles. The van der Waals surface area contributed by atoms with E-state index in [-0.39, 0.29) is 94.7 Å². The minimum absolute atomic E-state index is 0.00180. The molecule has 0 amide bonds. The van der Waals surface area contributed by atoms with Crippen molar-refractivity contribution in [1.82, 2.24) is 15.0 Å². The van der Waals surface area contributed by atoms with Gasteiger partial charge < -0.3 is 19.3 Å². The molecular weight excluding hydrogens is 1140 g/mol. The van der Waals surface area contributed by atoms with E-state index in [0.717, 1.165) is 23.0 Å². The number of aromatic nitrogens is 3. The lowest BCUT2D eigenvalue weighted by atomic mass is 10.1. The summed E-state index contributed by atoms with van der Waals surface area (Å²) in [7, 11) is -21.1. The van der Waals surface area contributed by atoms with Crippen LogP contribution in [0.1, 0.15) is 5.56 Å². The number of methoxy groups -OCH3 is 3. The molecule has 0 saturated carbocycles. The average Bonchev–Trinajstić information content (AvgIpc) is 3.95. The van der Waals surface area contributed by atoms with Gasteiger partial charge in [-0.25, -0.2) is 0 Å². The van der Waals surface area contributed by atoms with E-state index in [0.29, 0.717) is 17.7 Å². The SMILES string of the molecule is COc1cc(N=Nc2ccc3cc(S(=O)(=O)O)cc(S(=O)(=O)O)c3c2)c(C)cc1N=Nc1cc(OC)c(N=Nc2c(S(=O)(=O)O)cc3cc(-n4nc5ccc6c(S(=O)(=O)O)cc(S(=O)(=O)O)cc6c5n4)ccc3c2O)cc1OC. The fourth-order valence-corrected chi connectivity index (χ4v) is 11.4. The summed E-state index contributed by atoms with van der Waals surface area (Å²) in [6.07, 6.45) is 0. The molecular formula is C46H35N9O19S5. The Labute approximate surface area is 445 Å². The van der Waals surface area contributed by atoms with Crippen molar-refractivity contribution < 1.29 is 84.2 Å². The van der Waals surface area contributed by atoms with Crippen molar-refractivity contribution in [2.24, 2.45) is 30.7 Å². The summed E-state index contributed by atoms with van der Waals surface area (Å²) < 4.78 is 188. The number of phenols is 1. The lowest BCUT2D eigenvalue weighted by Gasteiger charge is -2.11. The molecule has 9 aromatic rings. The predicted molar refractivity (Wildman–Crippen MR) is 278 cm³/mol. The Hall–Kier alpha value is -8.51. The molecule has 33 heteroatoms. The molecule has 408 valence electrons. The number of fused-ring (bicyclic) bond motifs is 5. The van der Waals surface area contributed by atoms with E-state index in [1.165, 1.54) is 88.1 Å². The van der Waals surface area contributed by atoms with Crippen LogP contribution in [0.2, 0.25) is 0 Å². The minimum atomic E-state index is -5.17. The van der Waals surface area contributed by atoms with Gasteiger partial charge in [0.15, 0.2) is 5.75 Å². The van der Waals surface area contributed by atoms with Gasteiger partial charge in [0.25, 0.3) is 50.6 Å². The summed E-state index contributed by atoms with van der Waals surface area (Å²) in [6, 6.07) is 20.3. The van der Waals surface area contributed by atoms with Crippen molar-refractivity contribution in [3.63, 3.8) is 0 Å². The maximum absolute atomic E-state index is 12.9. The van der Waals surface area contributed by atoms with Gasteiger partial charge in [0.1, 0.15) is 65.7 Å². The quantitative estimate of drug-likeness (QED) is 0.0411. The van der Waals surface area contributed by atoms with Gasteiger partial charge in [-0.2, -0.15) is 57.1 Å². The Balaban J connectivity index is 1.02. The molecule has 0 radical (unpaired) electrons. The van der Waals surface area contributed by atoms with E-state index in [4.69, 9.17) is 14.2 Å². The van der Waals surface area contributed by atoms with Crippen LogP contribution in [0.4, 0.5) is 34.1 Å². The molecule has 0 saturated heterocycles. The highest BCUT2D eigenvalue weighted by Crippen LogP contribution is 2.46. The smallest absolute Gasteiger partial charge is 0.296 e. The third kappa shape index (κ3) is 11.0. The fraction of sp³-hybridized carbons (Fsp3) is 0.0870. The molecule has 0 aliphatic carbocycles. The Kier molecular flexibility index (Phi) is 14.0. The number of benzene rings is 8. The van der Waals surface area contributed by atoms with Crippen LogP contribution in [0.3, 0.4) is 0 Å². The highest BCUT2D eigenvalue weighted by molar-refractivity contribution is 7.87. The standard InChI is InChI=1S/C46H35N9O19S5/c1-22-11-35(38(72-2)19-34(22)48-47-25-6-5-23-13-27(75(57,58)59)17-42(31(23)15-25)78(66,67)68)49-50-36-20-40(74-4)37(21-39(36)73-3)51-52-45-43(79(69,70)71)14-24-12-26(7-8-29(24)46(45)56)55-53-33-10-9-30-32(44(33)54-55)16-28(76(60,61)62)18-41(30)77(63,64)65/h5-21,56H,1-4H3,(H,57,58,59)(H,60,61,62)(H,63,64,65)(H,66,67,68)(H,69,70,71). The number of nitrogens with zero attached hydrogens (tertiary/aromatic N) is 9. The normalized spacial score (nSPS) is 13.0. The van der Waals surface area contributed by atoms with Crippen LogP contribution in [-0.2, 0) is 50.6 Å². The molecule has 28 nitrogen and oxygen atoms in total. The number of phenolic OH excluding ortho intramolecular Hbond substituents is 1. The number of aryl methyl sites for hydroxylation is 1. The van der Waals surface area contributed by atoms with Gasteiger partial charge in [-0.3, -0.25) is 22.8 Å². The minimum Gasteiger partial charge on any atom is -0.505 e. The van der Waals surface area contributed by atoms with E-state index < -0.39 is 86.5 Å². The van der Waals surface area contributed by atoms with Gasteiger partial charge in [-0.1, -0.05) is 12.1 Å². The van der Waals surface area contributed by atoms with Gasteiger partial charge in [0.05, 0.1) is 48.2 Å². The predicted octanol–water partition coefficient (Wildman–Crippen LogP) is 9.40. The Morgan fingerprint density at radius 1 is 0.443 bits per heavy atom. The molecule has 0 unspecified atom stereocenters. The molecule has 0 fully saturated rings. The molecule has 0 atom stereocenters. The van der Waals surface area contributed by atoms with Crippen molar-refractivity contribution in [2.45, 2.75) is 31.4 Å². The molecule has 0 spiro atoms. The highest BCUT2D eigenvalue weighted by atomic mass is 32.2. The number of azo groups is 3. The van der Waals surface area contributed by atoms with Crippen molar-refractivity contribution in [1.29, 1.82) is 0 Å². The van der Waals surface area contributed by atoms with E-state index in [9.17, 15) is 70.0 Å². The topological polar surface area (TPSA) is 425 Å². The number of hydrogen-bond acceptors (Lipinski definition) is 22. The second-order valence-corrected chi connectivity index (χ2v) is 23.7. The second-order valence-electron chi connectivity index (χ2n) is 16.7. The van der Waals surface area contributed by atoms with E-state index in [2.05, 4.69) is 40.9 Å². The van der Waals surface area contributed by atoms with Crippen LogP contribution in [0, 0.1) is 6.92 Å². The summed E-state index contributed by atoms with van der Waals surface area (Å²) in [5, 5.41) is 45.0. The first-order chi connectivity index (χ1) is 37.0. The number of ether oxygens (including phenoxy) is 3. The fourth-order valence-electron chi connectivity index (χ4n) is 8.05. The maximum atomic E-state index is 12.9. The van der Waals surface area contributed by atoms with Crippen LogP contribution in [0.15, 0.2) is 158 Å². The van der Waals surface area contributed by atoms with E-state index in [1.807, 2.05) is 0 Å². The van der Waals surface area contributed by atoms with E-state index in [1.54, 1.807) is 13.0 Å². The zero-order chi connectivity index (χ0) is 57.3. The first-order valence-corrected chi connectivity index (χ1v) is 29.0. The van der Waals surface area contributed by atoms with Crippen molar-refractivity contribution in [3.8, 4) is 28.7 Å². The van der Waals surface area contributed by atoms with E-state index >= 15 is 0 Å². The third-order valence-electron chi connectivity index (χ3n) is 11.8. The lowest BCUT2D eigenvalue weighted by Crippen LogP contribution is -2.04. The van der Waals surface area contributed by atoms with Crippen LogP contribution in [-0.4, -0.2) is 106 Å². The summed E-state index contributed by atoms with van der Waals surface area (Å²) in [5.74, 6) is -0.570. The Bertz CT molecular complexity index is 4800. The summed E-state index contributed by atoms with van der Waals surface area (Å²) in [5.41, 5.74) is 0.462. The first-order valence-electron chi connectivity index (χ1n) is 21.8. The molecule has 0 aliphatic heterocycles. The summed E-state index contributed by atoms with van der Waals surface area (Å²) in [6.45, 7) is 1.66. The van der Waals surface area contributed by atoms with Crippen molar-refractivity contribution >= 4 is 128 Å². The van der Waals surface area contributed by atoms with Crippen molar-refractivity contribution in [2.75, 3.05) is 21.3 Å². The van der Waals surface area contributed by atoms with Crippen molar-refractivity contribution in [3.05, 3.63) is 109 Å². The van der Waals surface area contributed by atoms with Crippen LogP contribution in [0.25, 0.3) is 49.0 Å². The lowest BCUT2D eigenvalue weighted by molar-refractivity contribution is 0.404. The Morgan fingerprint density at radius 2 is 0.962 bits per heavy atom. The number of aromatic hydroxyl groups is 1. The Morgan fingerprint density at radius 3 is 1.53 bits per heavy atom. The first kappa shape index (κ1) is 55.3. The monoisotopic (exact) mass is 1180 g/mol. The van der Waals surface area contributed by atoms with Gasteiger partial charge in [-0.05, 0) is 96.1 Å². The van der Waals surface area contributed by atoms with Crippen LogP contribution >= 0.6 is 0 Å². The number of hydrogen-bond donors (Lipinski definition) is 6. The molecule has 6 N–H and O–H groups in total. The van der Waals surface area contributed by atoms with Gasteiger partial charge >= 0.3 is 0 Å². The molecule has 0 bridgehead atoms. The molecule has 1 aromatic heterocycles. The second kappa shape index (κ2) is 20.1. The zero-order valence-electron chi connectivity index (χ0n) is 40.4. The summed E-state index contributed by atoms with van der Waals surface area (Å²) in [4.78, 5) is -3.12. The van der Waals surface area contributed by atoms with Gasteiger partial charge in [-0.15, -0.1) is 30.7 Å². The molecule has 0 aliphatic rings. The third-order valence-corrected chi connectivity index (χ3v) is 16.1. The van der Waals surface area contributed by atoms with Crippen LogP contribution < -0.4 is 14.2 Å². The highest BCUT2D eigenvalue weighted by Gasteiger charge is 2.26. The number of rotatable bonds is 15. The largest absolute Gasteiger partial charge is 0.505 e. The van der Waals surface area contributed by atoms with Crippen LogP contribution in [0.5, 0.6) is 23.0 Å².